The van der Waals surface area contributed by atoms with E-state index in [2.05, 4.69) is 488 Å². The molecule has 147 heavy (non-hydrogen) atoms. The van der Waals surface area contributed by atoms with Gasteiger partial charge in [0, 0.05) is 110 Å². The third-order valence-corrected chi connectivity index (χ3v) is 34.2. The Hall–Kier alpha value is -15.6. The van der Waals surface area contributed by atoms with E-state index in [0.29, 0.717) is 0 Å². The fraction of sp³-hybridized carbons (Fsp3) is 0.0519. The first-order valence-electron chi connectivity index (χ1n) is 49.4. The number of benzene rings is 20. The number of furan rings is 3. The van der Waals surface area contributed by atoms with E-state index >= 15 is 0 Å². The first-order chi connectivity index (χ1) is 72.1. The Kier molecular flexibility index (Phi) is 20.0. The zero-order valence-electron chi connectivity index (χ0n) is 79.0. The zero-order valence-corrected chi connectivity index (χ0v) is 87.0. The summed E-state index contributed by atoms with van der Waals surface area (Å²) in [5.74, 6) is 6.78. The average molecular weight is 2210 g/mol. The van der Waals surface area contributed by atoms with Gasteiger partial charge >= 0.3 is 0 Å². The molecule has 0 saturated heterocycles. The summed E-state index contributed by atoms with van der Waals surface area (Å²) in [6.45, 7) is 4.67. The van der Waals surface area contributed by atoms with Gasteiger partial charge in [0.15, 0.2) is 34.0 Å². The van der Waals surface area contributed by atoms with E-state index in [1.165, 1.54) is 122 Å². The molecule has 0 amide bonds. The molecule has 3 aromatic heterocycles. The van der Waals surface area contributed by atoms with Crippen LogP contribution < -0.4 is 18.9 Å². The minimum absolute atomic E-state index is 0.187. The molecular formula is C135H81Br5O7. The summed E-state index contributed by atoms with van der Waals surface area (Å²) in [4.78, 5) is 0. The highest BCUT2D eigenvalue weighted by molar-refractivity contribution is 9.11. The van der Waals surface area contributed by atoms with Gasteiger partial charge in [0.1, 0.15) is 45.5 Å². The second-order valence-corrected chi connectivity index (χ2v) is 44.0. The second kappa shape index (κ2) is 33.5. The summed E-state index contributed by atoms with van der Waals surface area (Å²) < 4.78 is 51.9. The Morgan fingerprint density at radius 2 is 0.429 bits per heavy atom. The third-order valence-electron chi connectivity index (χ3n) is 31.8. The molecule has 0 N–H and O–H groups in total. The maximum Gasteiger partial charge on any atom is 0.178 e. The maximum atomic E-state index is 6.98. The van der Waals surface area contributed by atoms with Crippen LogP contribution in [0.2, 0.25) is 0 Å². The normalized spacial score (nSPS) is 17.0. The molecule has 0 radical (unpaired) electrons. The molecule has 7 heterocycles. The van der Waals surface area contributed by atoms with E-state index in [-0.39, 0.29) is 5.41 Å². The van der Waals surface area contributed by atoms with Crippen molar-refractivity contribution in [1.29, 1.82) is 0 Å². The smallest absolute Gasteiger partial charge is 0.178 e. The number of hydrogen-bond acceptors (Lipinski definition) is 7. The predicted molar refractivity (Wildman–Crippen MR) is 613 cm³/mol. The molecule has 3 atom stereocenters. The van der Waals surface area contributed by atoms with E-state index in [4.69, 9.17) is 32.2 Å². The Balaban J connectivity index is 0.0000000926. The Morgan fingerprint density at radius 3 is 0.803 bits per heavy atom. The Labute approximate surface area is 889 Å². The van der Waals surface area contributed by atoms with Crippen LogP contribution in [0.1, 0.15) is 158 Å². The first-order valence-corrected chi connectivity index (χ1v) is 53.3. The van der Waals surface area contributed by atoms with E-state index in [1.807, 2.05) is 60.7 Å². The number of hydrogen-bond donors (Lipinski definition) is 0. The standard InChI is InChI=1S/C36H25BrO.C33H18Br2O2.2C33H19BrO2/c1-35(2)28-12-6-4-10-25(28)26-19-20-30-34(33(26)35)38-32-14-8-7-13-29(32)36(30)27-11-5-3-9-22(27)15-16-23-17-18-24(37)21-31(23)36;34-21-13-11-19-9-10-20-12-14-22(35)18-28(20)33(27(19)17-21)25-6-2-4-8-30(25)37-32-26(33)16-15-24-23-5-1-3-7-29(23)36-31(24)32;34-22-15-17-26-21(19-22)14-13-20-7-1-3-9-25(20)33(26)27-10-4-6-12-30(27)36-32-28(33)18-16-24-23-8-2-5-11-29(23)35-31(24)32;34-22-16-15-21-14-13-20-7-1-3-9-25(20)33(28(21)19-22)26-10-4-6-12-30(26)36-32-27(33)18-17-24-23-8-2-5-11-29(23)35-31(24)32/h3-21H,1-2H3;1-18H;2*1-19H. The monoisotopic (exact) mass is 2210 g/mol. The molecule has 0 fully saturated rings. The SMILES string of the molecule is Brc1ccc2c(c1)C1(c3cc(Br)ccc3C=C2)c2ccccc2Oc2c1ccc1c2oc2ccccc21.Brc1ccc2c(c1)C1(c3ccccc3C=C2)c2ccccc2Oc2c1ccc1c2oc2ccccc21.Brc1ccc2c(c1)C=Cc1ccccc1C21c2ccccc2Oc2c1ccc1c2oc2ccccc21.CC1(C)c2ccccc2-c2ccc3c(c21)Oc1ccccc1C31c2ccccc2C=Cc2ccc(Br)cc21. The molecule has 12 heteroatoms. The van der Waals surface area contributed by atoms with Gasteiger partial charge in [-0.05, 0) is 227 Å². The van der Waals surface area contributed by atoms with Gasteiger partial charge in [-0.3, -0.25) is 0 Å². The van der Waals surface area contributed by atoms with Crippen LogP contribution in [-0.4, -0.2) is 0 Å². The molecule has 0 bridgehead atoms. The predicted octanol–water partition coefficient (Wildman–Crippen LogP) is 38.5. The molecule has 5 aliphatic carbocycles. The van der Waals surface area contributed by atoms with Crippen molar-refractivity contribution in [3.05, 3.63) is 573 Å². The van der Waals surface area contributed by atoms with Crippen LogP contribution in [0.4, 0.5) is 0 Å². The lowest BCUT2D eigenvalue weighted by Crippen LogP contribution is -2.36. The van der Waals surface area contributed by atoms with Gasteiger partial charge in [0.25, 0.3) is 0 Å². The summed E-state index contributed by atoms with van der Waals surface area (Å²) in [7, 11) is 0. The molecule has 3 unspecified atom stereocenters. The fourth-order valence-corrected chi connectivity index (χ4v) is 27.6. The van der Waals surface area contributed by atoms with Gasteiger partial charge in [0.2, 0.25) is 0 Å². The molecule has 23 aromatic rings. The lowest BCUT2D eigenvalue weighted by molar-refractivity contribution is 0.421. The second-order valence-electron chi connectivity index (χ2n) is 39.4. The highest BCUT2D eigenvalue weighted by Gasteiger charge is 2.56. The van der Waals surface area contributed by atoms with E-state index in [9.17, 15) is 0 Å². The summed E-state index contributed by atoms with van der Waals surface area (Å²) in [5, 5.41) is 6.46. The van der Waals surface area contributed by atoms with Crippen molar-refractivity contribution in [3.63, 3.8) is 0 Å². The van der Waals surface area contributed by atoms with E-state index < -0.39 is 21.7 Å². The van der Waals surface area contributed by atoms with Gasteiger partial charge < -0.3 is 32.2 Å². The van der Waals surface area contributed by atoms with Crippen molar-refractivity contribution in [1.82, 2.24) is 0 Å². The highest BCUT2D eigenvalue weighted by Crippen LogP contribution is 2.68. The number of rotatable bonds is 0. The molecule has 20 aromatic carbocycles. The van der Waals surface area contributed by atoms with Gasteiger partial charge in [-0.1, -0.05) is 427 Å². The molecule has 4 spiro atoms. The van der Waals surface area contributed by atoms with Crippen molar-refractivity contribution in [2.45, 2.75) is 40.9 Å². The number of ether oxygens (including phenoxy) is 4. The average Bonchev–Trinajstić information content (AvgIpc) is 1.62. The van der Waals surface area contributed by atoms with Crippen molar-refractivity contribution < 1.29 is 32.2 Å². The van der Waals surface area contributed by atoms with Crippen molar-refractivity contribution in [3.8, 4) is 57.1 Å². The summed E-state index contributed by atoms with van der Waals surface area (Å²) in [6, 6.07) is 144. The lowest BCUT2D eigenvalue weighted by atomic mass is 9.61. The molecule has 0 saturated carbocycles. The maximum absolute atomic E-state index is 6.98. The number of halogens is 5. The summed E-state index contributed by atoms with van der Waals surface area (Å²) >= 11 is 18.9. The zero-order chi connectivity index (χ0) is 98.1. The summed E-state index contributed by atoms with van der Waals surface area (Å²) in [6.07, 6.45) is 17.9. The van der Waals surface area contributed by atoms with E-state index in [0.717, 1.165) is 168 Å². The van der Waals surface area contributed by atoms with E-state index in [1.54, 1.807) is 0 Å². The van der Waals surface area contributed by atoms with Crippen LogP contribution >= 0.6 is 79.6 Å². The van der Waals surface area contributed by atoms with Crippen molar-refractivity contribution >= 4 is 194 Å². The van der Waals surface area contributed by atoms with Crippen LogP contribution in [0.15, 0.2) is 442 Å². The minimum atomic E-state index is -0.626. The Bertz CT molecular complexity index is 9750. The Morgan fingerprint density at radius 1 is 0.177 bits per heavy atom. The molecule has 4 aliphatic heterocycles. The number of fused-ring (bicyclic) bond motifs is 48. The van der Waals surface area contributed by atoms with Crippen LogP contribution in [0, 0.1) is 0 Å². The van der Waals surface area contributed by atoms with Gasteiger partial charge in [-0.15, -0.1) is 0 Å². The van der Waals surface area contributed by atoms with Crippen LogP contribution in [0.5, 0.6) is 46.0 Å². The topological polar surface area (TPSA) is 76.3 Å². The fourth-order valence-electron chi connectivity index (χ4n) is 25.8. The molecule has 7 nitrogen and oxygen atoms in total. The van der Waals surface area contributed by atoms with Gasteiger partial charge in [-0.25, -0.2) is 0 Å². The van der Waals surface area contributed by atoms with Crippen molar-refractivity contribution in [2.24, 2.45) is 0 Å². The summed E-state index contributed by atoms with van der Waals surface area (Å²) in [5.41, 5.74) is 36.0. The largest absolute Gasteiger partial charge is 0.456 e. The van der Waals surface area contributed by atoms with Gasteiger partial charge in [-0.2, -0.15) is 0 Å². The van der Waals surface area contributed by atoms with Crippen LogP contribution in [0.25, 0.3) is 126 Å². The van der Waals surface area contributed by atoms with Crippen molar-refractivity contribution in [2.75, 3.05) is 0 Å². The highest BCUT2D eigenvalue weighted by atomic mass is 79.9. The lowest BCUT2D eigenvalue weighted by Gasteiger charge is -2.43. The molecular weight excluding hydrogens is 2130 g/mol. The first kappa shape index (κ1) is 87.9. The minimum Gasteiger partial charge on any atom is -0.456 e. The molecule has 698 valence electrons. The molecule has 9 aliphatic rings. The third kappa shape index (κ3) is 12.8. The van der Waals surface area contributed by atoms with Crippen LogP contribution in [0.3, 0.4) is 0 Å². The number of para-hydroxylation sites is 7. The molecule has 32 rings (SSSR count). The van der Waals surface area contributed by atoms with Gasteiger partial charge in [0.05, 0.1) is 21.7 Å². The quantitative estimate of drug-likeness (QED) is 0.150. The van der Waals surface area contributed by atoms with Crippen LogP contribution in [-0.2, 0) is 27.1 Å².